The van der Waals surface area contributed by atoms with Gasteiger partial charge in [0.05, 0.1) is 21.8 Å². The molecule has 6 rings (SSSR count). The van der Waals surface area contributed by atoms with Crippen molar-refractivity contribution in [3.8, 4) is 22.4 Å². The van der Waals surface area contributed by atoms with Crippen molar-refractivity contribution in [2.24, 2.45) is 4.99 Å². The highest BCUT2D eigenvalue weighted by atomic mass is 16.6. The number of hydrogen-bond donors (Lipinski definition) is 0. The first-order chi connectivity index (χ1) is 18.2. The van der Waals surface area contributed by atoms with E-state index in [0.717, 1.165) is 44.5 Å². The van der Waals surface area contributed by atoms with Gasteiger partial charge in [0.1, 0.15) is 0 Å². The number of nitrogens with zero attached hydrogens (tertiary/aromatic N) is 3. The molecule has 0 saturated heterocycles. The zero-order chi connectivity index (χ0) is 25.2. The second kappa shape index (κ2) is 9.47. The van der Waals surface area contributed by atoms with Crippen LogP contribution in [0.1, 0.15) is 5.56 Å². The average molecular weight is 480 g/mol. The molecule has 0 saturated carbocycles. The number of aliphatic imine (C=N–C) groups is 1. The zero-order valence-corrected chi connectivity index (χ0v) is 19.8. The lowest BCUT2D eigenvalue weighted by atomic mass is 9.94. The van der Waals surface area contributed by atoms with Gasteiger partial charge in [0.25, 0.3) is 5.69 Å². The first-order valence-electron chi connectivity index (χ1n) is 11.9. The number of non-ortho nitro benzene ring substituents is 1. The van der Waals surface area contributed by atoms with E-state index in [-0.39, 0.29) is 5.69 Å². The maximum Gasteiger partial charge on any atom is 0.269 e. The Labute approximate surface area is 213 Å². The quantitative estimate of drug-likeness (QED) is 0.108. The van der Waals surface area contributed by atoms with E-state index >= 15 is 0 Å². The highest BCUT2D eigenvalue weighted by molar-refractivity contribution is 6.13. The first kappa shape index (κ1) is 22.3. The maximum absolute atomic E-state index is 10.9. The van der Waals surface area contributed by atoms with Crippen LogP contribution >= 0.6 is 0 Å². The standard InChI is InChI=1S/C32H21N3O2/c36-35(37)27-17-10-22(11-18-27)21-33-26-15-12-24(13-16-26)29-20-31(25-7-2-1-3-8-25)34-30-19-14-23-6-4-5-9-28(23)32(29)30/h1-21H. The van der Waals surface area contributed by atoms with Crippen LogP contribution in [-0.4, -0.2) is 16.1 Å². The predicted octanol–water partition coefficient (Wildman–Crippen LogP) is 8.38. The largest absolute Gasteiger partial charge is 0.269 e. The molecule has 0 aliphatic heterocycles. The fourth-order valence-corrected chi connectivity index (χ4v) is 4.55. The molecule has 37 heavy (non-hydrogen) atoms. The van der Waals surface area contributed by atoms with Crippen LogP contribution < -0.4 is 0 Å². The summed E-state index contributed by atoms with van der Waals surface area (Å²) >= 11 is 0. The molecule has 176 valence electrons. The SMILES string of the molecule is O=[N+]([O-])c1ccc(C=Nc2ccc(-c3cc(-c4ccccc4)nc4ccc5ccccc5c34)cc2)cc1. The van der Waals surface area contributed by atoms with Gasteiger partial charge < -0.3 is 0 Å². The summed E-state index contributed by atoms with van der Waals surface area (Å²) in [6, 6.07) is 39.4. The smallest absolute Gasteiger partial charge is 0.258 e. The first-order valence-corrected chi connectivity index (χ1v) is 11.9. The van der Waals surface area contributed by atoms with Crippen LogP contribution in [0.4, 0.5) is 11.4 Å². The molecule has 1 aromatic heterocycles. The monoisotopic (exact) mass is 479 g/mol. The van der Waals surface area contributed by atoms with E-state index in [0.29, 0.717) is 0 Å². The van der Waals surface area contributed by atoms with Crippen molar-refractivity contribution in [1.29, 1.82) is 0 Å². The molecule has 1 heterocycles. The summed E-state index contributed by atoms with van der Waals surface area (Å²) in [5.74, 6) is 0. The molecule has 0 fully saturated rings. The highest BCUT2D eigenvalue weighted by Crippen LogP contribution is 2.37. The number of nitro groups is 1. The van der Waals surface area contributed by atoms with E-state index in [9.17, 15) is 10.1 Å². The summed E-state index contributed by atoms with van der Waals surface area (Å²) in [5, 5.41) is 14.3. The summed E-state index contributed by atoms with van der Waals surface area (Å²) in [6.07, 6.45) is 1.71. The Morgan fingerprint density at radius 2 is 1.46 bits per heavy atom. The summed E-state index contributed by atoms with van der Waals surface area (Å²) in [7, 11) is 0. The molecule has 5 nitrogen and oxygen atoms in total. The van der Waals surface area contributed by atoms with Gasteiger partial charge in [-0.3, -0.25) is 15.1 Å². The molecule has 0 bridgehead atoms. The van der Waals surface area contributed by atoms with Crippen molar-refractivity contribution in [2.45, 2.75) is 0 Å². The number of aromatic nitrogens is 1. The van der Waals surface area contributed by atoms with Gasteiger partial charge in [-0.05, 0) is 63.9 Å². The second-order valence-electron chi connectivity index (χ2n) is 8.76. The Balaban J connectivity index is 1.43. The molecule has 0 N–H and O–H groups in total. The van der Waals surface area contributed by atoms with Crippen molar-refractivity contribution in [3.05, 3.63) is 137 Å². The van der Waals surface area contributed by atoms with Crippen LogP contribution in [0, 0.1) is 10.1 Å². The summed E-state index contributed by atoms with van der Waals surface area (Å²) in [5.41, 5.74) is 6.81. The van der Waals surface area contributed by atoms with Gasteiger partial charge in [-0.15, -0.1) is 0 Å². The molecular weight excluding hydrogens is 458 g/mol. The van der Waals surface area contributed by atoms with Crippen molar-refractivity contribution in [1.82, 2.24) is 4.98 Å². The van der Waals surface area contributed by atoms with Crippen LogP contribution in [0.5, 0.6) is 0 Å². The minimum absolute atomic E-state index is 0.0634. The van der Waals surface area contributed by atoms with E-state index < -0.39 is 4.92 Å². The second-order valence-corrected chi connectivity index (χ2v) is 8.76. The van der Waals surface area contributed by atoms with Gasteiger partial charge in [0.15, 0.2) is 0 Å². The Kier molecular flexibility index (Phi) is 5.71. The maximum atomic E-state index is 10.9. The van der Waals surface area contributed by atoms with Crippen molar-refractivity contribution < 1.29 is 4.92 Å². The lowest BCUT2D eigenvalue weighted by molar-refractivity contribution is -0.384. The van der Waals surface area contributed by atoms with Crippen LogP contribution in [0.3, 0.4) is 0 Å². The zero-order valence-electron chi connectivity index (χ0n) is 19.8. The van der Waals surface area contributed by atoms with E-state index in [1.54, 1.807) is 18.3 Å². The fraction of sp³-hybridized carbons (Fsp3) is 0. The van der Waals surface area contributed by atoms with Gasteiger partial charge in [-0.25, -0.2) is 4.98 Å². The molecule has 0 unspecified atom stereocenters. The lowest BCUT2D eigenvalue weighted by Gasteiger charge is -2.13. The predicted molar refractivity (Wildman–Crippen MR) is 150 cm³/mol. The Morgan fingerprint density at radius 3 is 2.22 bits per heavy atom. The molecule has 0 atom stereocenters. The number of benzene rings is 5. The summed E-state index contributed by atoms with van der Waals surface area (Å²) < 4.78 is 0. The molecule has 0 radical (unpaired) electrons. The molecule has 0 aliphatic rings. The van der Waals surface area contributed by atoms with Gasteiger partial charge in [0.2, 0.25) is 0 Å². The number of pyridine rings is 1. The summed E-state index contributed by atoms with van der Waals surface area (Å²) in [4.78, 5) is 20.0. The molecule has 0 spiro atoms. The Hall–Kier alpha value is -5.16. The Morgan fingerprint density at radius 1 is 0.730 bits per heavy atom. The third kappa shape index (κ3) is 4.46. The third-order valence-corrected chi connectivity index (χ3v) is 6.41. The topological polar surface area (TPSA) is 68.4 Å². The van der Waals surface area contributed by atoms with Gasteiger partial charge in [0, 0.05) is 29.3 Å². The third-order valence-electron chi connectivity index (χ3n) is 6.41. The van der Waals surface area contributed by atoms with Crippen LogP contribution in [-0.2, 0) is 0 Å². The normalized spacial score (nSPS) is 11.4. The minimum Gasteiger partial charge on any atom is -0.258 e. The molecule has 0 aliphatic carbocycles. The van der Waals surface area contributed by atoms with Crippen molar-refractivity contribution in [3.63, 3.8) is 0 Å². The van der Waals surface area contributed by atoms with Crippen LogP contribution in [0.25, 0.3) is 44.1 Å². The number of hydrogen-bond acceptors (Lipinski definition) is 4. The van der Waals surface area contributed by atoms with E-state index in [1.165, 1.54) is 22.9 Å². The van der Waals surface area contributed by atoms with Crippen LogP contribution in [0.2, 0.25) is 0 Å². The molecule has 5 aromatic carbocycles. The summed E-state index contributed by atoms with van der Waals surface area (Å²) in [6.45, 7) is 0. The number of fused-ring (bicyclic) bond motifs is 3. The van der Waals surface area contributed by atoms with Gasteiger partial charge in [-0.1, -0.05) is 72.8 Å². The lowest BCUT2D eigenvalue weighted by Crippen LogP contribution is -1.91. The Bertz CT molecular complexity index is 1780. The molecule has 0 amide bonds. The van der Waals surface area contributed by atoms with E-state index in [4.69, 9.17) is 4.98 Å². The number of rotatable bonds is 5. The van der Waals surface area contributed by atoms with Gasteiger partial charge >= 0.3 is 0 Å². The highest BCUT2D eigenvalue weighted by Gasteiger charge is 2.12. The molecule has 5 heteroatoms. The minimum atomic E-state index is -0.408. The van der Waals surface area contributed by atoms with Gasteiger partial charge in [-0.2, -0.15) is 0 Å². The van der Waals surface area contributed by atoms with Crippen LogP contribution in [0.15, 0.2) is 126 Å². The fourth-order valence-electron chi connectivity index (χ4n) is 4.55. The molecular formula is C32H21N3O2. The average Bonchev–Trinajstić information content (AvgIpc) is 2.96. The van der Waals surface area contributed by atoms with Crippen molar-refractivity contribution >= 4 is 39.3 Å². The number of nitro benzene ring substituents is 1. The van der Waals surface area contributed by atoms with E-state index in [1.807, 2.05) is 30.3 Å². The van der Waals surface area contributed by atoms with Crippen molar-refractivity contribution in [2.75, 3.05) is 0 Å². The van der Waals surface area contributed by atoms with E-state index in [2.05, 4.69) is 71.7 Å². The molecule has 6 aromatic rings.